The molecular weight excluding hydrogens is 262 g/mol. The Balaban J connectivity index is 1.67. The molecule has 1 aliphatic heterocycles. The van der Waals surface area contributed by atoms with Gasteiger partial charge in [0.2, 0.25) is 5.91 Å². The highest BCUT2D eigenvalue weighted by atomic mass is 16.2. The average molecular weight is 289 g/mol. The van der Waals surface area contributed by atoms with E-state index in [1.54, 1.807) is 0 Å². The van der Waals surface area contributed by atoms with E-state index in [0.29, 0.717) is 18.2 Å². The lowest BCUT2D eigenvalue weighted by molar-refractivity contribution is -0.130. The van der Waals surface area contributed by atoms with Crippen LogP contribution in [0.25, 0.3) is 0 Å². The van der Waals surface area contributed by atoms with Crippen LogP contribution in [0.5, 0.6) is 0 Å². The second-order valence-corrected chi connectivity index (χ2v) is 6.02. The van der Waals surface area contributed by atoms with E-state index in [1.807, 2.05) is 29.3 Å². The largest absolute Gasteiger partial charge is 0.342 e. The van der Waals surface area contributed by atoms with E-state index < -0.39 is 0 Å². The van der Waals surface area contributed by atoms with Gasteiger partial charge in [-0.2, -0.15) is 0 Å². The summed E-state index contributed by atoms with van der Waals surface area (Å²) < 4.78 is 0. The van der Waals surface area contributed by atoms with Crippen LogP contribution in [0, 0.1) is 5.92 Å². The van der Waals surface area contributed by atoms with Crippen molar-refractivity contribution < 1.29 is 4.79 Å². The van der Waals surface area contributed by atoms with Gasteiger partial charge in [-0.3, -0.25) is 9.78 Å². The highest BCUT2D eigenvalue weighted by Crippen LogP contribution is 2.18. The summed E-state index contributed by atoms with van der Waals surface area (Å²) in [6.45, 7) is 6.23. The molecule has 1 saturated heterocycles. The van der Waals surface area contributed by atoms with Crippen LogP contribution in [-0.4, -0.2) is 53.9 Å². The minimum absolute atomic E-state index is 0.313. The molecule has 21 heavy (non-hydrogen) atoms. The van der Waals surface area contributed by atoms with Gasteiger partial charge in [0, 0.05) is 37.9 Å². The first-order valence-electron chi connectivity index (χ1n) is 8.05. The monoisotopic (exact) mass is 289 g/mol. The van der Waals surface area contributed by atoms with Gasteiger partial charge in [-0.15, -0.1) is 0 Å². The summed E-state index contributed by atoms with van der Waals surface area (Å²) in [5, 5.41) is 0. The molecule has 1 atom stereocenters. The van der Waals surface area contributed by atoms with E-state index in [1.165, 1.54) is 0 Å². The molecule has 1 aliphatic rings. The molecule has 0 bridgehead atoms. The number of carbonyl (C=O) groups is 1. The summed E-state index contributed by atoms with van der Waals surface area (Å²) in [7, 11) is 2.15. The van der Waals surface area contributed by atoms with Gasteiger partial charge in [0.15, 0.2) is 0 Å². The number of hydrogen-bond donors (Lipinski definition) is 0. The molecular formula is C17H27N3O. The molecule has 4 nitrogen and oxygen atoms in total. The van der Waals surface area contributed by atoms with Crippen LogP contribution >= 0.6 is 0 Å². The number of pyridine rings is 1. The number of hydrogen-bond acceptors (Lipinski definition) is 3. The van der Waals surface area contributed by atoms with Crippen LogP contribution in [0.3, 0.4) is 0 Å². The maximum atomic E-state index is 12.2. The summed E-state index contributed by atoms with van der Waals surface area (Å²) in [5.74, 6) is 0.960. The van der Waals surface area contributed by atoms with Crippen molar-refractivity contribution in [2.24, 2.45) is 5.92 Å². The number of rotatable bonds is 7. The van der Waals surface area contributed by atoms with Crippen LogP contribution in [-0.2, 0) is 11.2 Å². The summed E-state index contributed by atoms with van der Waals surface area (Å²) in [5.41, 5.74) is 1.08. The van der Waals surface area contributed by atoms with Crippen molar-refractivity contribution >= 4 is 5.91 Å². The molecule has 0 saturated carbocycles. The molecule has 1 unspecified atom stereocenters. The molecule has 0 radical (unpaired) electrons. The van der Waals surface area contributed by atoms with E-state index in [4.69, 9.17) is 0 Å². The lowest BCUT2D eigenvalue weighted by Crippen LogP contribution is -2.31. The molecule has 0 spiro atoms. The first-order chi connectivity index (χ1) is 10.2. The van der Waals surface area contributed by atoms with Gasteiger partial charge in [0.1, 0.15) is 0 Å². The molecule has 0 aliphatic carbocycles. The normalized spacial score (nSPS) is 18.4. The van der Waals surface area contributed by atoms with Crippen LogP contribution in [0.1, 0.15) is 31.9 Å². The fraction of sp³-hybridized carbons (Fsp3) is 0.647. The van der Waals surface area contributed by atoms with Gasteiger partial charge in [0.05, 0.1) is 0 Å². The number of likely N-dealkylation sites (tertiary alicyclic amines) is 1. The Hall–Kier alpha value is -1.42. The molecule has 116 valence electrons. The molecule has 1 fully saturated rings. The zero-order valence-electron chi connectivity index (χ0n) is 13.3. The van der Waals surface area contributed by atoms with Crippen molar-refractivity contribution in [2.75, 3.05) is 33.2 Å². The van der Waals surface area contributed by atoms with Crippen molar-refractivity contribution in [1.82, 2.24) is 14.8 Å². The predicted octanol–water partition coefficient (Wildman–Crippen LogP) is 2.20. The van der Waals surface area contributed by atoms with Crippen LogP contribution in [0.15, 0.2) is 24.4 Å². The first kappa shape index (κ1) is 16.0. The van der Waals surface area contributed by atoms with Crippen molar-refractivity contribution in [2.45, 2.75) is 32.6 Å². The summed E-state index contributed by atoms with van der Waals surface area (Å²) in [6.07, 6.45) is 5.39. The van der Waals surface area contributed by atoms with Gasteiger partial charge in [-0.25, -0.2) is 0 Å². The van der Waals surface area contributed by atoms with Gasteiger partial charge >= 0.3 is 0 Å². The van der Waals surface area contributed by atoms with Gasteiger partial charge in [-0.1, -0.05) is 13.0 Å². The van der Waals surface area contributed by atoms with E-state index >= 15 is 0 Å². The smallest absolute Gasteiger partial charge is 0.222 e. The van der Waals surface area contributed by atoms with E-state index in [9.17, 15) is 4.79 Å². The standard InChI is InChI=1S/C17H27N3O/c1-3-19(2)13-15-10-12-20(14-15)17(21)9-6-8-16-7-4-5-11-18-16/h4-5,7,11,15H,3,6,8-10,12-14H2,1-2H3. The molecule has 2 heterocycles. The Bertz CT molecular complexity index is 435. The minimum Gasteiger partial charge on any atom is -0.342 e. The summed E-state index contributed by atoms with van der Waals surface area (Å²) in [6, 6.07) is 5.95. The molecule has 4 heteroatoms. The fourth-order valence-electron chi connectivity index (χ4n) is 2.90. The number of nitrogens with zero attached hydrogens (tertiary/aromatic N) is 3. The molecule has 1 aromatic rings. The first-order valence-corrected chi connectivity index (χ1v) is 8.05. The molecule has 1 aromatic heterocycles. The van der Waals surface area contributed by atoms with E-state index in [0.717, 1.165) is 51.1 Å². The Morgan fingerprint density at radius 3 is 3.05 bits per heavy atom. The number of carbonyl (C=O) groups excluding carboxylic acids is 1. The van der Waals surface area contributed by atoms with Crippen LogP contribution in [0.4, 0.5) is 0 Å². The average Bonchev–Trinajstić information content (AvgIpc) is 2.96. The predicted molar refractivity (Wildman–Crippen MR) is 85.0 cm³/mol. The quantitative estimate of drug-likeness (QED) is 0.772. The Morgan fingerprint density at radius 2 is 2.33 bits per heavy atom. The lowest BCUT2D eigenvalue weighted by atomic mass is 10.1. The Morgan fingerprint density at radius 1 is 1.48 bits per heavy atom. The molecule has 0 N–H and O–H groups in total. The van der Waals surface area contributed by atoms with Crippen LogP contribution < -0.4 is 0 Å². The third-order valence-electron chi connectivity index (χ3n) is 4.30. The second-order valence-electron chi connectivity index (χ2n) is 6.02. The van der Waals surface area contributed by atoms with Gasteiger partial charge in [0.25, 0.3) is 0 Å². The SMILES string of the molecule is CCN(C)CC1CCN(C(=O)CCCc2ccccn2)C1. The maximum absolute atomic E-state index is 12.2. The summed E-state index contributed by atoms with van der Waals surface area (Å²) >= 11 is 0. The fourth-order valence-corrected chi connectivity index (χ4v) is 2.90. The molecule has 2 rings (SSSR count). The third-order valence-corrected chi connectivity index (χ3v) is 4.30. The van der Waals surface area contributed by atoms with Crippen molar-refractivity contribution in [3.8, 4) is 0 Å². The second kappa shape index (κ2) is 8.13. The van der Waals surface area contributed by atoms with Crippen LogP contribution in [0.2, 0.25) is 0 Å². The number of aryl methyl sites for hydroxylation is 1. The van der Waals surface area contributed by atoms with Crippen molar-refractivity contribution in [3.63, 3.8) is 0 Å². The Labute approximate surface area is 128 Å². The maximum Gasteiger partial charge on any atom is 0.222 e. The zero-order valence-corrected chi connectivity index (χ0v) is 13.3. The van der Waals surface area contributed by atoms with Crippen molar-refractivity contribution in [1.29, 1.82) is 0 Å². The van der Waals surface area contributed by atoms with Gasteiger partial charge < -0.3 is 9.80 Å². The molecule has 1 amide bonds. The Kier molecular flexibility index (Phi) is 6.18. The number of amides is 1. The highest BCUT2D eigenvalue weighted by molar-refractivity contribution is 5.76. The van der Waals surface area contributed by atoms with E-state index in [2.05, 4.69) is 23.9 Å². The summed E-state index contributed by atoms with van der Waals surface area (Å²) in [4.78, 5) is 20.9. The third kappa shape index (κ3) is 5.12. The lowest BCUT2D eigenvalue weighted by Gasteiger charge is -2.20. The van der Waals surface area contributed by atoms with E-state index in [-0.39, 0.29) is 0 Å². The zero-order chi connectivity index (χ0) is 15.1. The van der Waals surface area contributed by atoms with Crippen molar-refractivity contribution in [3.05, 3.63) is 30.1 Å². The topological polar surface area (TPSA) is 36.4 Å². The number of aromatic nitrogens is 1. The minimum atomic E-state index is 0.313. The van der Waals surface area contributed by atoms with Gasteiger partial charge in [-0.05, 0) is 50.9 Å². The molecule has 0 aromatic carbocycles. The highest BCUT2D eigenvalue weighted by Gasteiger charge is 2.26.